The Balaban J connectivity index is 0.00000261. The summed E-state index contributed by atoms with van der Waals surface area (Å²) in [5, 5.41) is 2.13. The highest BCUT2D eigenvalue weighted by atomic mass is 35.5. The monoisotopic (exact) mass is 422 g/mol. The summed E-state index contributed by atoms with van der Waals surface area (Å²) in [5.74, 6) is -0.201. The van der Waals surface area contributed by atoms with Crippen LogP contribution in [-0.2, 0) is 19.9 Å². The number of thiazole rings is 1. The molecule has 6 heteroatoms. The fraction of sp³-hybridized carbons (Fsp3) is 0.286. The van der Waals surface area contributed by atoms with Gasteiger partial charge < -0.3 is 4.57 Å². The number of hydrogen-bond acceptors (Lipinski definition) is 3. The highest BCUT2D eigenvalue weighted by Gasteiger charge is 2.19. The molecule has 0 spiro atoms. The SMILES string of the molecule is CN(CCc1ccccc1)C(Cc1csc(=S)n1C)c1ccc(F)cc1.Cl. The topological polar surface area (TPSA) is 8.17 Å². The first kappa shape index (κ1) is 21.8. The van der Waals surface area contributed by atoms with E-state index in [1.54, 1.807) is 23.5 Å². The summed E-state index contributed by atoms with van der Waals surface area (Å²) in [4.78, 5) is 2.35. The normalized spacial score (nSPS) is 12.0. The van der Waals surface area contributed by atoms with Crippen LogP contribution in [0.25, 0.3) is 0 Å². The number of aromatic nitrogens is 1. The molecule has 0 aliphatic heterocycles. The average Bonchev–Trinajstić information content (AvgIpc) is 2.98. The molecule has 0 radical (unpaired) electrons. The van der Waals surface area contributed by atoms with E-state index in [0.29, 0.717) is 0 Å². The summed E-state index contributed by atoms with van der Waals surface area (Å²) >= 11 is 6.95. The van der Waals surface area contributed by atoms with E-state index in [1.807, 2.05) is 25.2 Å². The zero-order chi connectivity index (χ0) is 18.5. The Morgan fingerprint density at radius 1 is 1.11 bits per heavy atom. The third-order valence-corrected chi connectivity index (χ3v) is 6.21. The van der Waals surface area contributed by atoms with Gasteiger partial charge in [-0.25, -0.2) is 4.39 Å². The highest BCUT2D eigenvalue weighted by Crippen LogP contribution is 2.26. The van der Waals surface area contributed by atoms with Crippen LogP contribution in [-0.4, -0.2) is 23.1 Å². The largest absolute Gasteiger partial charge is 0.330 e. The molecule has 144 valence electrons. The molecule has 1 aromatic heterocycles. The van der Waals surface area contributed by atoms with Crippen molar-refractivity contribution in [3.05, 3.63) is 86.6 Å². The first-order valence-electron chi connectivity index (χ1n) is 8.67. The molecule has 2 nitrogen and oxygen atoms in total. The van der Waals surface area contributed by atoms with E-state index < -0.39 is 0 Å². The van der Waals surface area contributed by atoms with Crippen molar-refractivity contribution < 1.29 is 4.39 Å². The van der Waals surface area contributed by atoms with E-state index in [-0.39, 0.29) is 24.3 Å². The lowest BCUT2D eigenvalue weighted by molar-refractivity contribution is 0.243. The Hall–Kier alpha value is -1.53. The minimum Gasteiger partial charge on any atom is -0.330 e. The van der Waals surface area contributed by atoms with Crippen molar-refractivity contribution in [2.75, 3.05) is 13.6 Å². The van der Waals surface area contributed by atoms with Gasteiger partial charge in [-0.15, -0.1) is 23.7 Å². The van der Waals surface area contributed by atoms with Crippen molar-refractivity contribution in [2.24, 2.45) is 7.05 Å². The summed E-state index contributed by atoms with van der Waals surface area (Å²) in [6, 6.07) is 17.5. The lowest BCUT2D eigenvalue weighted by Crippen LogP contribution is -2.29. The molecule has 1 atom stereocenters. The Labute approximate surface area is 175 Å². The smallest absolute Gasteiger partial charge is 0.160 e. The van der Waals surface area contributed by atoms with Gasteiger partial charge in [-0.3, -0.25) is 4.90 Å². The van der Waals surface area contributed by atoms with E-state index in [9.17, 15) is 4.39 Å². The second-order valence-corrected chi connectivity index (χ2v) is 8.04. The molecule has 0 amide bonds. The maximum Gasteiger partial charge on any atom is 0.160 e. The summed E-state index contributed by atoms with van der Waals surface area (Å²) in [6.07, 6.45) is 1.83. The quantitative estimate of drug-likeness (QED) is 0.442. The fourth-order valence-electron chi connectivity index (χ4n) is 3.10. The van der Waals surface area contributed by atoms with Crippen molar-refractivity contribution in [1.29, 1.82) is 0 Å². The molecule has 3 aromatic rings. The summed E-state index contributed by atoms with van der Waals surface area (Å²) in [5.41, 5.74) is 3.66. The van der Waals surface area contributed by atoms with Crippen LogP contribution in [0.4, 0.5) is 4.39 Å². The Bertz CT molecular complexity index is 891. The molecule has 0 aliphatic carbocycles. The maximum absolute atomic E-state index is 13.4. The van der Waals surface area contributed by atoms with Crippen LogP contribution in [0.15, 0.2) is 60.0 Å². The van der Waals surface area contributed by atoms with Crippen molar-refractivity contribution in [1.82, 2.24) is 9.47 Å². The van der Waals surface area contributed by atoms with Gasteiger partial charge in [0.25, 0.3) is 0 Å². The standard InChI is InChI=1S/C21H23FN2S2.ClH/c1-23(13-12-16-6-4-3-5-7-16)20(17-8-10-18(22)11-9-17)14-19-15-26-21(25)24(19)2;/h3-11,15,20H,12-14H2,1-2H3;1H. The first-order valence-corrected chi connectivity index (χ1v) is 9.96. The number of nitrogens with zero attached hydrogens (tertiary/aromatic N) is 2. The summed E-state index contributed by atoms with van der Waals surface area (Å²) in [6.45, 7) is 0.931. The number of benzene rings is 2. The molecule has 0 fully saturated rings. The van der Waals surface area contributed by atoms with Crippen LogP contribution in [0.1, 0.15) is 22.9 Å². The van der Waals surface area contributed by atoms with Crippen LogP contribution in [0.5, 0.6) is 0 Å². The van der Waals surface area contributed by atoms with Crippen molar-refractivity contribution in [3.63, 3.8) is 0 Å². The predicted molar refractivity (Wildman–Crippen MR) is 117 cm³/mol. The van der Waals surface area contributed by atoms with Crippen molar-refractivity contribution in [3.8, 4) is 0 Å². The molecule has 0 N–H and O–H groups in total. The van der Waals surface area contributed by atoms with Crippen LogP contribution in [0.2, 0.25) is 0 Å². The van der Waals surface area contributed by atoms with Gasteiger partial charge in [0.15, 0.2) is 3.95 Å². The molecule has 1 unspecified atom stereocenters. The summed E-state index contributed by atoms with van der Waals surface area (Å²) in [7, 11) is 4.15. The van der Waals surface area contributed by atoms with Gasteiger partial charge in [0.05, 0.1) is 0 Å². The fourth-order valence-corrected chi connectivity index (χ4v) is 4.12. The molecule has 0 saturated heterocycles. The lowest BCUT2D eigenvalue weighted by Gasteiger charge is -2.29. The molecule has 0 saturated carbocycles. The molecule has 27 heavy (non-hydrogen) atoms. The van der Waals surface area contributed by atoms with Gasteiger partial charge in [-0.2, -0.15) is 0 Å². The second-order valence-electron chi connectivity index (χ2n) is 6.54. The van der Waals surface area contributed by atoms with Gasteiger partial charge in [0.1, 0.15) is 5.82 Å². The Kier molecular flexibility index (Phi) is 8.17. The first-order chi connectivity index (χ1) is 12.5. The second kappa shape index (κ2) is 10.1. The third-order valence-electron chi connectivity index (χ3n) is 4.79. The Morgan fingerprint density at radius 2 is 1.78 bits per heavy atom. The molecule has 2 aromatic carbocycles. The number of rotatable bonds is 7. The van der Waals surface area contributed by atoms with Crippen LogP contribution in [0.3, 0.4) is 0 Å². The minimum atomic E-state index is -0.201. The van der Waals surface area contributed by atoms with Gasteiger partial charge in [-0.1, -0.05) is 42.5 Å². The van der Waals surface area contributed by atoms with Crippen LogP contribution < -0.4 is 0 Å². The molecular weight excluding hydrogens is 399 g/mol. The highest BCUT2D eigenvalue weighted by molar-refractivity contribution is 7.73. The molecule has 0 bridgehead atoms. The third kappa shape index (κ3) is 5.72. The number of likely N-dealkylation sites (N-methyl/N-ethyl adjacent to an activating group) is 1. The molecular formula is C21H24ClFN2S2. The average molecular weight is 423 g/mol. The molecule has 0 aliphatic rings. The van der Waals surface area contributed by atoms with E-state index in [4.69, 9.17) is 12.2 Å². The molecule has 3 rings (SSSR count). The zero-order valence-corrected chi connectivity index (χ0v) is 17.9. The van der Waals surface area contributed by atoms with Crippen molar-refractivity contribution >= 4 is 36.0 Å². The lowest BCUT2D eigenvalue weighted by atomic mass is 10.00. The summed E-state index contributed by atoms with van der Waals surface area (Å²) < 4.78 is 16.3. The maximum atomic E-state index is 13.4. The number of hydrogen-bond donors (Lipinski definition) is 0. The Morgan fingerprint density at radius 3 is 2.37 bits per heavy atom. The van der Waals surface area contributed by atoms with Gasteiger partial charge in [0, 0.05) is 37.1 Å². The van der Waals surface area contributed by atoms with Crippen LogP contribution >= 0.6 is 36.0 Å². The van der Waals surface area contributed by atoms with E-state index in [0.717, 1.165) is 28.9 Å². The van der Waals surface area contributed by atoms with Crippen LogP contribution in [0, 0.1) is 9.77 Å². The van der Waals surface area contributed by atoms with Gasteiger partial charge >= 0.3 is 0 Å². The van der Waals surface area contributed by atoms with E-state index in [1.165, 1.54) is 11.3 Å². The zero-order valence-electron chi connectivity index (χ0n) is 15.5. The predicted octanol–water partition coefficient (Wildman–Crippen LogP) is 5.84. The molecule has 1 heterocycles. The van der Waals surface area contributed by atoms with Crippen molar-refractivity contribution in [2.45, 2.75) is 18.9 Å². The van der Waals surface area contributed by atoms with Gasteiger partial charge in [0.2, 0.25) is 0 Å². The number of halogens is 2. The van der Waals surface area contributed by atoms with E-state index in [2.05, 4.69) is 46.2 Å². The van der Waals surface area contributed by atoms with Gasteiger partial charge in [-0.05, 0) is 48.9 Å². The minimum absolute atomic E-state index is 0. The van der Waals surface area contributed by atoms with E-state index >= 15 is 0 Å².